The van der Waals surface area contributed by atoms with E-state index in [0.29, 0.717) is 6.04 Å². The van der Waals surface area contributed by atoms with Crippen LogP contribution in [0.2, 0.25) is 0 Å². The minimum absolute atomic E-state index is 0.689. The Bertz CT molecular complexity index is 241. The van der Waals surface area contributed by atoms with Crippen molar-refractivity contribution in [1.82, 2.24) is 10.2 Å². The lowest BCUT2D eigenvalue weighted by molar-refractivity contribution is 0.122. The van der Waals surface area contributed by atoms with Gasteiger partial charge in [0.15, 0.2) is 0 Å². The Morgan fingerprint density at radius 3 is 2.41 bits per heavy atom. The molecule has 100 valence electrons. The molecule has 0 radical (unpaired) electrons. The largest absolute Gasteiger partial charge is 0.383 e. The Balaban J connectivity index is 2.55. The maximum Gasteiger partial charge on any atom is 0.0589 e. The van der Waals surface area contributed by atoms with E-state index >= 15 is 0 Å². The first-order valence-corrected chi connectivity index (χ1v) is 6.84. The highest BCUT2D eigenvalue weighted by molar-refractivity contribution is 5.22. The van der Waals surface area contributed by atoms with E-state index in [4.69, 9.17) is 4.74 Å². The molecule has 0 atom stereocenters. The first-order chi connectivity index (χ1) is 8.22. The van der Waals surface area contributed by atoms with Crippen molar-refractivity contribution < 1.29 is 4.74 Å². The van der Waals surface area contributed by atoms with Gasteiger partial charge in [0.1, 0.15) is 0 Å². The molecule has 0 saturated carbocycles. The maximum absolute atomic E-state index is 5.22. The van der Waals surface area contributed by atoms with E-state index < -0.39 is 0 Å². The highest BCUT2D eigenvalue weighted by Gasteiger charge is 2.18. The van der Waals surface area contributed by atoms with Crippen LogP contribution in [0.1, 0.15) is 33.6 Å². The molecule has 0 aromatic rings. The van der Waals surface area contributed by atoms with Crippen LogP contribution >= 0.6 is 0 Å². The number of rotatable bonds is 8. The van der Waals surface area contributed by atoms with Crippen LogP contribution in [0.3, 0.4) is 0 Å². The smallest absolute Gasteiger partial charge is 0.0589 e. The Hall–Kier alpha value is -0.380. The number of hydrogen-bond donors (Lipinski definition) is 1. The van der Waals surface area contributed by atoms with Crippen LogP contribution in [0.4, 0.5) is 0 Å². The fourth-order valence-corrected chi connectivity index (χ4v) is 2.37. The summed E-state index contributed by atoms with van der Waals surface area (Å²) < 4.78 is 5.22. The molecule has 0 aliphatic carbocycles. The van der Waals surface area contributed by atoms with E-state index in [1.165, 1.54) is 12.8 Å². The average molecular weight is 240 g/mol. The van der Waals surface area contributed by atoms with Crippen molar-refractivity contribution in [2.45, 2.75) is 39.7 Å². The van der Waals surface area contributed by atoms with Crippen LogP contribution in [0.15, 0.2) is 11.1 Å². The summed E-state index contributed by atoms with van der Waals surface area (Å²) in [5.74, 6) is 0. The Kier molecular flexibility index (Phi) is 6.78. The van der Waals surface area contributed by atoms with E-state index in [1.54, 1.807) is 18.3 Å². The van der Waals surface area contributed by atoms with Crippen molar-refractivity contribution in [1.29, 1.82) is 0 Å². The molecule has 1 rings (SSSR count). The van der Waals surface area contributed by atoms with Gasteiger partial charge in [-0.15, -0.1) is 0 Å². The molecule has 0 spiro atoms. The zero-order chi connectivity index (χ0) is 12.7. The Morgan fingerprint density at radius 1 is 1.35 bits per heavy atom. The number of methoxy groups -OCH3 is 1. The highest BCUT2D eigenvalue weighted by atomic mass is 16.5. The monoisotopic (exact) mass is 240 g/mol. The molecule has 17 heavy (non-hydrogen) atoms. The fourth-order valence-electron chi connectivity index (χ4n) is 2.37. The van der Waals surface area contributed by atoms with Crippen LogP contribution in [0.5, 0.6) is 0 Å². The van der Waals surface area contributed by atoms with Crippen LogP contribution in [-0.4, -0.2) is 50.8 Å². The zero-order valence-electron chi connectivity index (χ0n) is 11.9. The van der Waals surface area contributed by atoms with Crippen molar-refractivity contribution >= 4 is 0 Å². The van der Waals surface area contributed by atoms with Gasteiger partial charge in [0, 0.05) is 39.3 Å². The van der Waals surface area contributed by atoms with Gasteiger partial charge in [0.2, 0.25) is 0 Å². The van der Waals surface area contributed by atoms with Gasteiger partial charge in [0.05, 0.1) is 6.61 Å². The predicted molar refractivity (Wildman–Crippen MR) is 73.4 cm³/mol. The summed E-state index contributed by atoms with van der Waals surface area (Å²) in [4.78, 5) is 2.57. The normalized spacial score (nSPS) is 15.5. The third kappa shape index (κ3) is 4.41. The van der Waals surface area contributed by atoms with Crippen molar-refractivity contribution in [3.05, 3.63) is 11.1 Å². The Morgan fingerprint density at radius 2 is 2.00 bits per heavy atom. The SMILES string of the molecule is CCC(CC)N(CCOC)CC(C)=C1CNC1. The predicted octanol–water partition coefficient (Wildman–Crippen LogP) is 2.04. The molecule has 0 bridgehead atoms. The lowest BCUT2D eigenvalue weighted by Gasteiger charge is -2.32. The second kappa shape index (κ2) is 7.85. The molecule has 1 heterocycles. The number of nitrogens with zero attached hydrogens (tertiary/aromatic N) is 1. The molecule has 0 aromatic heterocycles. The van der Waals surface area contributed by atoms with Gasteiger partial charge >= 0.3 is 0 Å². The number of ether oxygens (including phenoxy) is 1. The maximum atomic E-state index is 5.22. The van der Waals surface area contributed by atoms with Crippen molar-refractivity contribution in [2.24, 2.45) is 0 Å². The van der Waals surface area contributed by atoms with E-state index in [9.17, 15) is 0 Å². The minimum atomic E-state index is 0.689. The summed E-state index contributed by atoms with van der Waals surface area (Å²) in [6.45, 7) is 12.0. The van der Waals surface area contributed by atoms with Gasteiger partial charge in [-0.1, -0.05) is 19.4 Å². The van der Waals surface area contributed by atoms with Crippen molar-refractivity contribution in [2.75, 3.05) is 39.9 Å². The van der Waals surface area contributed by atoms with Crippen molar-refractivity contribution in [3.63, 3.8) is 0 Å². The summed E-state index contributed by atoms with van der Waals surface area (Å²) in [5.41, 5.74) is 3.14. The third-order valence-electron chi connectivity index (χ3n) is 3.76. The molecule has 0 aromatic carbocycles. The van der Waals surface area contributed by atoms with Crippen LogP contribution in [-0.2, 0) is 4.74 Å². The van der Waals surface area contributed by atoms with Gasteiger partial charge in [-0.2, -0.15) is 0 Å². The molecule has 1 aliphatic rings. The molecule has 3 nitrogen and oxygen atoms in total. The molecule has 1 aliphatic heterocycles. The zero-order valence-corrected chi connectivity index (χ0v) is 11.9. The third-order valence-corrected chi connectivity index (χ3v) is 3.76. The lowest BCUT2D eigenvalue weighted by Crippen LogP contribution is -2.41. The molecular formula is C14H28N2O. The van der Waals surface area contributed by atoms with E-state index in [1.807, 2.05) is 0 Å². The summed E-state index contributed by atoms with van der Waals surface area (Å²) in [7, 11) is 1.78. The van der Waals surface area contributed by atoms with Crippen LogP contribution in [0, 0.1) is 0 Å². The van der Waals surface area contributed by atoms with Crippen molar-refractivity contribution in [3.8, 4) is 0 Å². The quantitative estimate of drug-likeness (QED) is 0.657. The molecule has 3 heteroatoms. The van der Waals surface area contributed by atoms with Gasteiger partial charge < -0.3 is 10.1 Å². The summed E-state index contributed by atoms with van der Waals surface area (Å²) in [6.07, 6.45) is 2.45. The summed E-state index contributed by atoms with van der Waals surface area (Å²) in [5, 5.41) is 3.31. The van der Waals surface area contributed by atoms with Gasteiger partial charge in [-0.25, -0.2) is 0 Å². The molecule has 1 fully saturated rings. The van der Waals surface area contributed by atoms with Gasteiger partial charge in [-0.3, -0.25) is 4.90 Å². The summed E-state index contributed by atoms with van der Waals surface area (Å²) in [6, 6.07) is 0.689. The first-order valence-electron chi connectivity index (χ1n) is 6.84. The average Bonchev–Trinajstić information content (AvgIpc) is 2.24. The fraction of sp³-hybridized carbons (Fsp3) is 0.857. The molecule has 0 unspecified atom stereocenters. The summed E-state index contributed by atoms with van der Waals surface area (Å²) >= 11 is 0. The molecule has 1 saturated heterocycles. The molecule has 0 amide bonds. The number of hydrogen-bond acceptors (Lipinski definition) is 3. The van der Waals surface area contributed by atoms with E-state index in [-0.39, 0.29) is 0 Å². The van der Waals surface area contributed by atoms with Gasteiger partial charge in [0.25, 0.3) is 0 Å². The van der Waals surface area contributed by atoms with E-state index in [2.05, 4.69) is 31.0 Å². The molecule has 1 N–H and O–H groups in total. The highest BCUT2D eigenvalue weighted by Crippen LogP contribution is 2.15. The Labute approximate surface area is 106 Å². The minimum Gasteiger partial charge on any atom is -0.383 e. The first kappa shape index (κ1) is 14.7. The second-order valence-corrected chi connectivity index (χ2v) is 4.92. The van der Waals surface area contributed by atoms with Gasteiger partial charge in [-0.05, 0) is 25.3 Å². The van der Waals surface area contributed by atoms with Crippen LogP contribution in [0.25, 0.3) is 0 Å². The standard InChI is InChI=1S/C14H28N2O/c1-5-14(6-2)16(7-8-17-4)11-12(3)13-9-15-10-13/h14-15H,5-11H2,1-4H3. The lowest BCUT2D eigenvalue weighted by atomic mass is 10.0. The second-order valence-electron chi connectivity index (χ2n) is 4.92. The number of nitrogens with one attached hydrogen (secondary N) is 1. The molecular weight excluding hydrogens is 212 g/mol. The van der Waals surface area contributed by atoms with E-state index in [0.717, 1.165) is 32.8 Å². The topological polar surface area (TPSA) is 24.5 Å². The van der Waals surface area contributed by atoms with Crippen LogP contribution < -0.4 is 5.32 Å².